The summed E-state index contributed by atoms with van der Waals surface area (Å²) < 4.78 is 0. The summed E-state index contributed by atoms with van der Waals surface area (Å²) in [7, 11) is 1.61. The molecule has 0 aliphatic heterocycles. The van der Waals surface area contributed by atoms with Crippen LogP contribution in [0.2, 0.25) is 0 Å². The molecule has 2 N–H and O–H groups in total. The Labute approximate surface area is 131 Å². The SMILES string of the molecule is C[C@H](NC(=O)N(C)CCC(=O)O)c1ccc2c(c1)CCCC2. The minimum atomic E-state index is -0.901. The predicted molar refractivity (Wildman–Crippen MR) is 84.9 cm³/mol. The van der Waals surface area contributed by atoms with Crippen molar-refractivity contribution in [3.63, 3.8) is 0 Å². The number of aliphatic carboxylic acids is 1. The van der Waals surface area contributed by atoms with E-state index < -0.39 is 5.97 Å². The van der Waals surface area contributed by atoms with Gasteiger partial charge in [0, 0.05) is 13.6 Å². The number of amides is 2. The van der Waals surface area contributed by atoms with Crippen LogP contribution in [0.5, 0.6) is 0 Å². The third-order valence-electron chi connectivity index (χ3n) is 4.22. The summed E-state index contributed by atoms with van der Waals surface area (Å²) in [4.78, 5) is 24.0. The summed E-state index contributed by atoms with van der Waals surface area (Å²) in [5.41, 5.74) is 3.91. The first-order valence-electron chi connectivity index (χ1n) is 7.82. The Bertz CT molecular complexity index is 557. The first-order chi connectivity index (χ1) is 10.5. The number of aryl methyl sites for hydroxylation is 2. The van der Waals surface area contributed by atoms with Gasteiger partial charge in [0.2, 0.25) is 0 Å². The van der Waals surface area contributed by atoms with Gasteiger partial charge in [-0.3, -0.25) is 4.79 Å². The zero-order valence-corrected chi connectivity index (χ0v) is 13.3. The van der Waals surface area contributed by atoms with Crippen molar-refractivity contribution in [1.82, 2.24) is 10.2 Å². The summed E-state index contributed by atoms with van der Waals surface area (Å²) in [6.07, 6.45) is 4.70. The topological polar surface area (TPSA) is 69.6 Å². The second kappa shape index (κ2) is 7.29. The van der Waals surface area contributed by atoms with E-state index in [0.29, 0.717) is 0 Å². The Morgan fingerprint density at radius 2 is 1.95 bits per heavy atom. The summed E-state index contributed by atoms with van der Waals surface area (Å²) in [5, 5.41) is 11.6. The lowest BCUT2D eigenvalue weighted by Crippen LogP contribution is -2.39. The highest BCUT2D eigenvalue weighted by atomic mass is 16.4. The number of carbonyl (C=O) groups excluding carboxylic acids is 1. The minimum absolute atomic E-state index is 0.0445. The number of benzene rings is 1. The maximum atomic E-state index is 12.0. The maximum Gasteiger partial charge on any atom is 0.317 e. The van der Waals surface area contributed by atoms with E-state index in [1.54, 1.807) is 7.05 Å². The van der Waals surface area contributed by atoms with Crippen molar-refractivity contribution < 1.29 is 14.7 Å². The molecular formula is C17H24N2O3. The number of carboxylic acids is 1. The van der Waals surface area contributed by atoms with Crippen LogP contribution in [0.25, 0.3) is 0 Å². The molecule has 1 aliphatic rings. The number of nitrogens with zero attached hydrogens (tertiary/aromatic N) is 1. The Balaban J connectivity index is 1.95. The van der Waals surface area contributed by atoms with Crippen LogP contribution in [0.15, 0.2) is 18.2 Å². The van der Waals surface area contributed by atoms with E-state index in [1.165, 1.54) is 28.9 Å². The molecule has 120 valence electrons. The second-order valence-electron chi connectivity index (χ2n) is 5.97. The van der Waals surface area contributed by atoms with Gasteiger partial charge in [-0.05, 0) is 49.3 Å². The molecule has 0 saturated carbocycles. The minimum Gasteiger partial charge on any atom is -0.481 e. The Morgan fingerprint density at radius 1 is 1.27 bits per heavy atom. The third kappa shape index (κ3) is 4.23. The molecule has 1 aromatic rings. The number of hydrogen-bond acceptors (Lipinski definition) is 2. The fraction of sp³-hybridized carbons (Fsp3) is 0.529. The number of fused-ring (bicyclic) bond motifs is 1. The van der Waals surface area contributed by atoms with Gasteiger partial charge in [0.25, 0.3) is 0 Å². The van der Waals surface area contributed by atoms with Gasteiger partial charge in [0.05, 0.1) is 12.5 Å². The zero-order chi connectivity index (χ0) is 16.1. The summed E-state index contributed by atoms with van der Waals surface area (Å²) in [5.74, 6) is -0.901. The van der Waals surface area contributed by atoms with Crippen LogP contribution >= 0.6 is 0 Å². The highest BCUT2D eigenvalue weighted by molar-refractivity contribution is 5.75. The smallest absolute Gasteiger partial charge is 0.317 e. The van der Waals surface area contributed by atoms with Gasteiger partial charge in [-0.2, -0.15) is 0 Å². The molecule has 5 nitrogen and oxygen atoms in total. The summed E-state index contributed by atoms with van der Waals surface area (Å²) in [6.45, 7) is 2.16. The van der Waals surface area contributed by atoms with Crippen LogP contribution < -0.4 is 5.32 Å². The lowest BCUT2D eigenvalue weighted by molar-refractivity contribution is -0.137. The molecule has 0 radical (unpaired) electrons. The first kappa shape index (κ1) is 16.3. The molecule has 0 saturated heterocycles. The third-order valence-corrected chi connectivity index (χ3v) is 4.22. The van der Waals surface area contributed by atoms with Crippen LogP contribution in [-0.2, 0) is 17.6 Å². The predicted octanol–water partition coefficient (Wildman–Crippen LogP) is 2.74. The van der Waals surface area contributed by atoms with E-state index in [4.69, 9.17) is 5.11 Å². The average Bonchev–Trinajstić information content (AvgIpc) is 2.51. The van der Waals surface area contributed by atoms with Crippen LogP contribution in [0.3, 0.4) is 0 Å². The molecule has 0 heterocycles. The second-order valence-corrected chi connectivity index (χ2v) is 5.97. The van der Waals surface area contributed by atoms with Gasteiger partial charge in [-0.15, -0.1) is 0 Å². The molecule has 22 heavy (non-hydrogen) atoms. The van der Waals surface area contributed by atoms with E-state index in [2.05, 4.69) is 23.5 Å². The van der Waals surface area contributed by atoms with Crippen LogP contribution in [-0.4, -0.2) is 35.6 Å². The van der Waals surface area contributed by atoms with Crippen molar-refractivity contribution in [3.8, 4) is 0 Å². The molecule has 1 atom stereocenters. The Morgan fingerprint density at radius 3 is 2.64 bits per heavy atom. The Hall–Kier alpha value is -2.04. The molecule has 2 amide bonds. The molecule has 0 aromatic heterocycles. The molecule has 2 rings (SSSR count). The number of urea groups is 1. The molecule has 0 unspecified atom stereocenters. The molecule has 0 spiro atoms. The van der Waals surface area contributed by atoms with Gasteiger partial charge >= 0.3 is 12.0 Å². The zero-order valence-electron chi connectivity index (χ0n) is 13.3. The van der Waals surface area contributed by atoms with Gasteiger partial charge in [-0.1, -0.05) is 18.2 Å². The number of carboxylic acid groups (broad SMARTS) is 1. The van der Waals surface area contributed by atoms with Gasteiger partial charge in [0.1, 0.15) is 0 Å². The quantitative estimate of drug-likeness (QED) is 0.879. The molecule has 5 heteroatoms. The number of hydrogen-bond donors (Lipinski definition) is 2. The molecule has 1 aromatic carbocycles. The first-order valence-corrected chi connectivity index (χ1v) is 7.82. The number of rotatable bonds is 5. The highest BCUT2D eigenvalue weighted by Crippen LogP contribution is 2.24. The van der Waals surface area contributed by atoms with Crippen LogP contribution in [0, 0.1) is 0 Å². The van der Waals surface area contributed by atoms with Crippen LogP contribution in [0.4, 0.5) is 4.79 Å². The van der Waals surface area contributed by atoms with E-state index in [1.807, 2.05) is 6.92 Å². The lowest BCUT2D eigenvalue weighted by Gasteiger charge is -2.23. The lowest BCUT2D eigenvalue weighted by atomic mass is 9.89. The molecule has 0 fully saturated rings. The summed E-state index contributed by atoms with van der Waals surface area (Å²) >= 11 is 0. The fourth-order valence-corrected chi connectivity index (χ4v) is 2.77. The number of carbonyl (C=O) groups is 2. The normalized spacial score (nSPS) is 14.8. The number of nitrogens with one attached hydrogen (secondary N) is 1. The van der Waals surface area contributed by atoms with Gasteiger partial charge < -0.3 is 15.3 Å². The molecule has 1 aliphatic carbocycles. The Kier molecular flexibility index (Phi) is 5.41. The van der Waals surface area contributed by atoms with Crippen molar-refractivity contribution in [2.75, 3.05) is 13.6 Å². The van der Waals surface area contributed by atoms with Gasteiger partial charge in [0.15, 0.2) is 0 Å². The molecule has 0 bridgehead atoms. The van der Waals surface area contributed by atoms with Crippen molar-refractivity contribution in [1.29, 1.82) is 0 Å². The van der Waals surface area contributed by atoms with E-state index in [-0.39, 0.29) is 25.0 Å². The monoisotopic (exact) mass is 304 g/mol. The van der Waals surface area contributed by atoms with Crippen LogP contribution in [0.1, 0.15) is 48.9 Å². The van der Waals surface area contributed by atoms with Crippen molar-refractivity contribution in [2.24, 2.45) is 0 Å². The van der Waals surface area contributed by atoms with Crippen molar-refractivity contribution in [3.05, 3.63) is 34.9 Å². The van der Waals surface area contributed by atoms with E-state index in [9.17, 15) is 9.59 Å². The largest absolute Gasteiger partial charge is 0.481 e. The van der Waals surface area contributed by atoms with E-state index >= 15 is 0 Å². The average molecular weight is 304 g/mol. The summed E-state index contributed by atoms with van der Waals surface area (Å²) in [6, 6.07) is 6.10. The molecular weight excluding hydrogens is 280 g/mol. The highest BCUT2D eigenvalue weighted by Gasteiger charge is 2.16. The van der Waals surface area contributed by atoms with E-state index in [0.717, 1.165) is 18.4 Å². The van der Waals surface area contributed by atoms with Crippen molar-refractivity contribution in [2.45, 2.75) is 45.1 Å². The maximum absolute atomic E-state index is 12.0. The standard InChI is InChI=1S/C17H24N2O3/c1-12(18-17(22)19(2)10-9-16(20)21)14-8-7-13-5-3-4-6-15(13)11-14/h7-8,11-12H,3-6,9-10H2,1-2H3,(H,18,22)(H,20,21)/t12-/m0/s1. The fourth-order valence-electron chi connectivity index (χ4n) is 2.77. The van der Waals surface area contributed by atoms with Gasteiger partial charge in [-0.25, -0.2) is 4.79 Å². The van der Waals surface area contributed by atoms with Crippen molar-refractivity contribution >= 4 is 12.0 Å².